The highest BCUT2D eigenvalue weighted by atomic mass is 16.5. The van der Waals surface area contributed by atoms with E-state index in [1.807, 2.05) is 13.8 Å². The van der Waals surface area contributed by atoms with Gasteiger partial charge in [0, 0.05) is 12.8 Å². The van der Waals surface area contributed by atoms with Crippen molar-refractivity contribution in [2.45, 2.75) is 46.1 Å². The van der Waals surface area contributed by atoms with Gasteiger partial charge in [0.1, 0.15) is 6.04 Å². The summed E-state index contributed by atoms with van der Waals surface area (Å²) in [4.78, 5) is 35.5. The third kappa shape index (κ3) is 3.54. The Morgan fingerprint density at radius 3 is 2.24 bits per heavy atom. The molecule has 1 aliphatic rings. The average molecular weight is 241 g/mol. The summed E-state index contributed by atoms with van der Waals surface area (Å²) in [5, 5.41) is 0. The number of imide groups is 1. The van der Waals surface area contributed by atoms with E-state index in [4.69, 9.17) is 4.74 Å². The van der Waals surface area contributed by atoms with Crippen LogP contribution in [0.5, 0.6) is 0 Å². The first kappa shape index (κ1) is 13.7. The molecular weight excluding hydrogens is 222 g/mol. The number of amides is 2. The molecule has 0 N–H and O–H groups in total. The van der Waals surface area contributed by atoms with E-state index in [-0.39, 0.29) is 24.7 Å². The number of rotatable bonds is 5. The summed E-state index contributed by atoms with van der Waals surface area (Å²) < 4.78 is 5.04. The molecule has 0 aromatic carbocycles. The smallest absolute Gasteiger partial charge is 0.329 e. The maximum absolute atomic E-state index is 11.6. The van der Waals surface area contributed by atoms with Crippen molar-refractivity contribution in [3.63, 3.8) is 0 Å². The number of esters is 1. The molecule has 2 amide bonds. The van der Waals surface area contributed by atoms with Crippen LogP contribution in [0.15, 0.2) is 0 Å². The number of carbonyl (C=O) groups excluding carboxylic acids is 3. The molecule has 1 rings (SSSR count). The third-order valence-corrected chi connectivity index (χ3v) is 2.76. The Kier molecular flexibility index (Phi) is 4.66. The predicted molar refractivity (Wildman–Crippen MR) is 61.0 cm³/mol. The molecule has 0 aromatic heterocycles. The minimum atomic E-state index is -0.801. The van der Waals surface area contributed by atoms with Gasteiger partial charge >= 0.3 is 5.97 Å². The summed E-state index contributed by atoms with van der Waals surface area (Å²) in [5.74, 6) is -0.631. The Morgan fingerprint density at radius 1 is 1.24 bits per heavy atom. The standard InChI is InChI=1S/C12H19NO4/c1-8(2)6-7-17-12(16)9(3)13-10(14)4-5-11(13)15/h8-9H,4-7H2,1-3H3. The second-order valence-corrected chi connectivity index (χ2v) is 4.68. The second kappa shape index (κ2) is 5.80. The first-order valence-electron chi connectivity index (χ1n) is 5.95. The molecule has 0 aromatic rings. The summed E-state index contributed by atoms with van der Waals surface area (Å²) in [5.41, 5.74) is 0. The van der Waals surface area contributed by atoms with Gasteiger partial charge in [-0.2, -0.15) is 0 Å². The van der Waals surface area contributed by atoms with Gasteiger partial charge in [0.15, 0.2) is 0 Å². The first-order chi connectivity index (χ1) is 7.93. The monoisotopic (exact) mass is 241 g/mol. The molecule has 1 heterocycles. The normalized spacial score (nSPS) is 17.8. The van der Waals surface area contributed by atoms with Crippen LogP contribution in [0.4, 0.5) is 0 Å². The quantitative estimate of drug-likeness (QED) is 0.534. The molecule has 1 saturated heterocycles. The highest BCUT2D eigenvalue weighted by molar-refractivity contribution is 6.04. The van der Waals surface area contributed by atoms with E-state index < -0.39 is 12.0 Å². The van der Waals surface area contributed by atoms with Crippen LogP contribution in [-0.4, -0.2) is 35.3 Å². The maximum atomic E-state index is 11.6. The van der Waals surface area contributed by atoms with E-state index >= 15 is 0 Å². The Balaban J connectivity index is 2.46. The Bertz CT molecular complexity index is 308. The van der Waals surface area contributed by atoms with Gasteiger partial charge in [0.05, 0.1) is 6.61 Å². The molecule has 0 radical (unpaired) electrons. The van der Waals surface area contributed by atoms with Gasteiger partial charge in [-0.1, -0.05) is 13.8 Å². The van der Waals surface area contributed by atoms with Crippen LogP contribution in [-0.2, 0) is 19.1 Å². The van der Waals surface area contributed by atoms with E-state index in [1.54, 1.807) is 0 Å². The summed E-state index contributed by atoms with van der Waals surface area (Å²) in [6, 6.07) is -0.801. The van der Waals surface area contributed by atoms with Crippen LogP contribution in [0.25, 0.3) is 0 Å². The molecule has 0 bridgehead atoms. The van der Waals surface area contributed by atoms with Crippen LogP contribution in [0.1, 0.15) is 40.0 Å². The van der Waals surface area contributed by atoms with Crippen molar-refractivity contribution in [1.29, 1.82) is 0 Å². The van der Waals surface area contributed by atoms with Crippen molar-refractivity contribution in [3.05, 3.63) is 0 Å². The molecule has 5 nitrogen and oxygen atoms in total. The molecule has 0 saturated carbocycles. The minimum absolute atomic E-state index is 0.197. The zero-order valence-electron chi connectivity index (χ0n) is 10.6. The molecule has 0 aliphatic carbocycles. The molecule has 96 valence electrons. The van der Waals surface area contributed by atoms with Gasteiger partial charge < -0.3 is 4.74 Å². The Hall–Kier alpha value is -1.39. The molecule has 1 unspecified atom stereocenters. The number of hydrogen-bond acceptors (Lipinski definition) is 4. The number of nitrogens with zero attached hydrogens (tertiary/aromatic N) is 1. The van der Waals surface area contributed by atoms with Crippen molar-refractivity contribution in [2.75, 3.05) is 6.61 Å². The fraction of sp³-hybridized carbons (Fsp3) is 0.750. The lowest BCUT2D eigenvalue weighted by Gasteiger charge is -2.20. The van der Waals surface area contributed by atoms with E-state index in [1.165, 1.54) is 6.92 Å². The van der Waals surface area contributed by atoms with Gasteiger partial charge in [-0.15, -0.1) is 0 Å². The highest BCUT2D eigenvalue weighted by Crippen LogP contribution is 2.16. The highest BCUT2D eigenvalue weighted by Gasteiger charge is 2.36. The zero-order chi connectivity index (χ0) is 13.0. The first-order valence-corrected chi connectivity index (χ1v) is 5.95. The van der Waals surface area contributed by atoms with E-state index in [9.17, 15) is 14.4 Å². The van der Waals surface area contributed by atoms with Crippen molar-refractivity contribution in [2.24, 2.45) is 5.92 Å². The fourth-order valence-corrected chi connectivity index (χ4v) is 1.65. The van der Waals surface area contributed by atoms with Gasteiger partial charge in [-0.05, 0) is 19.3 Å². The van der Waals surface area contributed by atoms with Crippen LogP contribution < -0.4 is 0 Å². The topological polar surface area (TPSA) is 63.7 Å². The van der Waals surface area contributed by atoms with Gasteiger partial charge in [-0.3, -0.25) is 14.5 Å². The molecule has 0 spiro atoms. The largest absolute Gasteiger partial charge is 0.464 e. The molecular formula is C12H19NO4. The summed E-state index contributed by atoms with van der Waals surface area (Å²) in [6.07, 6.45) is 1.17. The zero-order valence-corrected chi connectivity index (χ0v) is 10.6. The number of likely N-dealkylation sites (tertiary alicyclic amines) is 1. The van der Waals surface area contributed by atoms with Crippen molar-refractivity contribution < 1.29 is 19.1 Å². The lowest BCUT2D eigenvalue weighted by atomic mass is 10.1. The second-order valence-electron chi connectivity index (χ2n) is 4.68. The lowest BCUT2D eigenvalue weighted by molar-refractivity contribution is -0.157. The number of carbonyl (C=O) groups is 3. The molecule has 17 heavy (non-hydrogen) atoms. The Labute approximate surface area is 101 Å². The molecule has 1 fully saturated rings. The van der Waals surface area contributed by atoms with E-state index in [2.05, 4.69) is 0 Å². The SMILES string of the molecule is CC(C)CCOC(=O)C(C)N1C(=O)CCC1=O. The van der Waals surface area contributed by atoms with Crippen molar-refractivity contribution >= 4 is 17.8 Å². The van der Waals surface area contributed by atoms with Gasteiger partial charge in [-0.25, -0.2) is 4.79 Å². The summed E-state index contributed by atoms with van der Waals surface area (Å²) in [7, 11) is 0. The van der Waals surface area contributed by atoms with Gasteiger partial charge in [0.2, 0.25) is 11.8 Å². The van der Waals surface area contributed by atoms with Crippen molar-refractivity contribution in [3.8, 4) is 0 Å². The fourth-order valence-electron chi connectivity index (χ4n) is 1.65. The van der Waals surface area contributed by atoms with Crippen LogP contribution >= 0.6 is 0 Å². The van der Waals surface area contributed by atoms with Crippen molar-refractivity contribution in [1.82, 2.24) is 4.90 Å². The molecule has 5 heteroatoms. The van der Waals surface area contributed by atoms with E-state index in [0.717, 1.165) is 11.3 Å². The van der Waals surface area contributed by atoms with Crippen LogP contribution in [0, 0.1) is 5.92 Å². The minimum Gasteiger partial charge on any atom is -0.464 e. The molecule has 1 aliphatic heterocycles. The number of hydrogen-bond donors (Lipinski definition) is 0. The Morgan fingerprint density at radius 2 is 1.76 bits per heavy atom. The maximum Gasteiger partial charge on any atom is 0.329 e. The molecule has 1 atom stereocenters. The van der Waals surface area contributed by atoms with E-state index in [0.29, 0.717) is 12.5 Å². The van der Waals surface area contributed by atoms with Crippen LogP contribution in [0.3, 0.4) is 0 Å². The lowest BCUT2D eigenvalue weighted by Crippen LogP contribution is -2.43. The predicted octanol–water partition coefficient (Wildman–Crippen LogP) is 1.11. The summed E-state index contributed by atoms with van der Waals surface area (Å²) in [6.45, 7) is 5.92. The average Bonchev–Trinajstić information content (AvgIpc) is 2.57. The van der Waals surface area contributed by atoms with Gasteiger partial charge in [0.25, 0.3) is 0 Å². The van der Waals surface area contributed by atoms with Crippen LogP contribution in [0.2, 0.25) is 0 Å². The number of ether oxygens (including phenoxy) is 1. The summed E-state index contributed by atoms with van der Waals surface area (Å²) >= 11 is 0. The third-order valence-electron chi connectivity index (χ3n) is 2.76.